The van der Waals surface area contributed by atoms with Gasteiger partial charge in [-0.25, -0.2) is 4.98 Å². The fourth-order valence-electron chi connectivity index (χ4n) is 2.97. The summed E-state index contributed by atoms with van der Waals surface area (Å²) in [6, 6.07) is 8.10. The molecule has 2 aromatic heterocycles. The van der Waals surface area contributed by atoms with E-state index in [-0.39, 0.29) is 0 Å². The first-order valence-corrected chi connectivity index (χ1v) is 7.93. The average molecular weight is 325 g/mol. The van der Waals surface area contributed by atoms with Gasteiger partial charge in [-0.05, 0) is 24.3 Å². The molecule has 0 atom stereocenters. The Balaban J connectivity index is 2.72. The first-order chi connectivity index (χ1) is 12.3. The summed E-state index contributed by atoms with van der Waals surface area (Å²) in [6.45, 7) is 15.3. The summed E-state index contributed by atoms with van der Waals surface area (Å²) in [5.74, 6) is 0. The van der Waals surface area contributed by atoms with Crippen LogP contribution in [0, 0.1) is 0 Å². The summed E-state index contributed by atoms with van der Waals surface area (Å²) < 4.78 is 2.10. The molecule has 122 valence electrons. The van der Waals surface area contributed by atoms with E-state index in [9.17, 15) is 0 Å². The molecular weight excluding hydrogens is 306 g/mol. The lowest BCUT2D eigenvalue weighted by molar-refractivity contribution is 1.19. The molecule has 0 aliphatic rings. The van der Waals surface area contributed by atoms with Crippen molar-refractivity contribution in [1.29, 1.82) is 0 Å². The Bertz CT molecular complexity index is 1160. The van der Waals surface area contributed by atoms with Gasteiger partial charge in [0.1, 0.15) is 5.65 Å². The first kappa shape index (κ1) is 16.4. The van der Waals surface area contributed by atoms with Gasteiger partial charge in [0.05, 0.1) is 22.3 Å². The van der Waals surface area contributed by atoms with Crippen LogP contribution in [-0.4, -0.2) is 9.38 Å². The number of imidazole rings is 1. The summed E-state index contributed by atoms with van der Waals surface area (Å²) >= 11 is 0. The SMILES string of the molecule is C=C/C=C\c1nc2c(=C/C=C)/c(=N\C=C)c3ccccc3n2c1C=C. The van der Waals surface area contributed by atoms with E-state index in [0.717, 1.165) is 38.5 Å². The molecule has 25 heavy (non-hydrogen) atoms. The lowest BCUT2D eigenvalue weighted by atomic mass is 10.1. The van der Waals surface area contributed by atoms with E-state index in [2.05, 4.69) is 41.8 Å². The predicted molar refractivity (Wildman–Crippen MR) is 108 cm³/mol. The number of allylic oxidation sites excluding steroid dienone is 3. The van der Waals surface area contributed by atoms with Crippen LogP contribution in [0.1, 0.15) is 11.4 Å². The van der Waals surface area contributed by atoms with Crippen molar-refractivity contribution >= 4 is 34.8 Å². The van der Waals surface area contributed by atoms with Gasteiger partial charge >= 0.3 is 0 Å². The number of hydrogen-bond acceptors (Lipinski definition) is 2. The Morgan fingerprint density at radius 1 is 1.04 bits per heavy atom. The standard InChI is InChI=1S/C22H19N3/c1-5-9-14-18-19(7-3)25-20-15-11-10-13-16(20)21(23-8-4)17(12-6-2)22(25)24-18/h5-15H,1-4H2/b14-9-,17-12+,23-21-. The molecule has 3 nitrogen and oxygen atoms in total. The molecule has 0 saturated heterocycles. The molecule has 0 fully saturated rings. The van der Waals surface area contributed by atoms with Crippen LogP contribution in [0.3, 0.4) is 0 Å². The van der Waals surface area contributed by atoms with Crippen molar-refractivity contribution in [2.75, 3.05) is 0 Å². The Kier molecular flexibility index (Phi) is 4.57. The van der Waals surface area contributed by atoms with Gasteiger partial charge in [-0.15, -0.1) is 0 Å². The van der Waals surface area contributed by atoms with Crippen LogP contribution in [0.2, 0.25) is 0 Å². The van der Waals surface area contributed by atoms with Gasteiger partial charge in [0, 0.05) is 16.8 Å². The van der Waals surface area contributed by atoms with Gasteiger partial charge in [-0.3, -0.25) is 9.39 Å². The summed E-state index contributed by atoms with van der Waals surface area (Å²) in [5, 5.41) is 2.75. The van der Waals surface area contributed by atoms with Gasteiger partial charge in [0.25, 0.3) is 0 Å². The number of benzene rings is 1. The zero-order valence-electron chi connectivity index (χ0n) is 14.0. The highest BCUT2D eigenvalue weighted by Gasteiger charge is 2.13. The normalized spacial score (nSPS) is 13.0. The molecule has 0 bridgehead atoms. The maximum absolute atomic E-state index is 4.82. The van der Waals surface area contributed by atoms with Crippen molar-refractivity contribution in [3.05, 3.63) is 97.0 Å². The maximum Gasteiger partial charge on any atom is 0.147 e. The second kappa shape index (κ2) is 6.97. The van der Waals surface area contributed by atoms with Crippen molar-refractivity contribution in [3.8, 4) is 0 Å². The lowest BCUT2D eigenvalue weighted by Gasteiger charge is -2.06. The van der Waals surface area contributed by atoms with Crippen LogP contribution in [0.4, 0.5) is 0 Å². The predicted octanol–water partition coefficient (Wildman–Crippen LogP) is 4.06. The zero-order valence-corrected chi connectivity index (χ0v) is 14.0. The van der Waals surface area contributed by atoms with Crippen LogP contribution in [-0.2, 0) is 0 Å². The minimum atomic E-state index is 0.804. The molecule has 3 aromatic rings. The van der Waals surface area contributed by atoms with Gasteiger partial charge < -0.3 is 0 Å². The van der Waals surface area contributed by atoms with E-state index >= 15 is 0 Å². The fourth-order valence-corrected chi connectivity index (χ4v) is 2.97. The first-order valence-electron chi connectivity index (χ1n) is 7.93. The lowest BCUT2D eigenvalue weighted by Crippen LogP contribution is -2.28. The van der Waals surface area contributed by atoms with Gasteiger partial charge in [-0.1, -0.05) is 62.7 Å². The fraction of sp³-hybridized carbons (Fsp3) is 0. The highest BCUT2D eigenvalue weighted by atomic mass is 15.0. The second-order valence-electron chi connectivity index (χ2n) is 5.33. The second-order valence-corrected chi connectivity index (χ2v) is 5.33. The van der Waals surface area contributed by atoms with Crippen LogP contribution in [0.25, 0.3) is 34.8 Å². The van der Waals surface area contributed by atoms with Gasteiger partial charge in [-0.2, -0.15) is 0 Å². The van der Waals surface area contributed by atoms with Crippen molar-refractivity contribution in [2.45, 2.75) is 0 Å². The van der Waals surface area contributed by atoms with E-state index in [1.54, 1.807) is 18.4 Å². The average Bonchev–Trinajstić information content (AvgIpc) is 3.01. The Labute approximate surface area is 146 Å². The van der Waals surface area contributed by atoms with Crippen molar-refractivity contribution in [1.82, 2.24) is 9.38 Å². The quantitative estimate of drug-likeness (QED) is 0.651. The molecule has 3 rings (SSSR count). The smallest absolute Gasteiger partial charge is 0.147 e. The number of hydrogen-bond donors (Lipinski definition) is 0. The maximum atomic E-state index is 4.82. The van der Waals surface area contributed by atoms with Crippen LogP contribution < -0.4 is 10.6 Å². The molecule has 0 radical (unpaired) electrons. The number of aromatic nitrogens is 2. The molecule has 3 heteroatoms. The molecule has 0 aliphatic carbocycles. The van der Waals surface area contributed by atoms with Crippen LogP contribution >= 0.6 is 0 Å². The molecule has 0 spiro atoms. The third-order valence-electron chi connectivity index (χ3n) is 3.93. The minimum absolute atomic E-state index is 0.804. The van der Waals surface area contributed by atoms with Crippen LogP contribution in [0.15, 0.2) is 80.0 Å². The summed E-state index contributed by atoms with van der Waals surface area (Å²) in [6.07, 6.45) is 12.5. The highest BCUT2D eigenvalue weighted by molar-refractivity contribution is 5.85. The molecule has 0 amide bonds. The highest BCUT2D eigenvalue weighted by Crippen LogP contribution is 2.19. The monoisotopic (exact) mass is 325 g/mol. The van der Waals surface area contributed by atoms with E-state index in [0.29, 0.717) is 0 Å². The summed E-state index contributed by atoms with van der Waals surface area (Å²) in [7, 11) is 0. The van der Waals surface area contributed by atoms with Crippen molar-refractivity contribution in [2.24, 2.45) is 4.99 Å². The van der Waals surface area contributed by atoms with Gasteiger partial charge in [0.2, 0.25) is 0 Å². The number of para-hydroxylation sites is 1. The summed E-state index contributed by atoms with van der Waals surface area (Å²) in [5.41, 5.74) is 3.57. The molecule has 0 aliphatic heterocycles. The number of pyridine rings is 1. The largest absolute Gasteiger partial charge is 0.292 e. The third kappa shape index (κ3) is 2.66. The molecule has 2 heterocycles. The zero-order chi connectivity index (χ0) is 17.8. The molecular formula is C22H19N3. The Morgan fingerprint density at radius 2 is 1.84 bits per heavy atom. The number of fused-ring (bicyclic) bond motifs is 3. The topological polar surface area (TPSA) is 29.7 Å². The molecule has 0 saturated carbocycles. The van der Waals surface area contributed by atoms with Crippen LogP contribution in [0.5, 0.6) is 0 Å². The Hall–Kier alpha value is -3.46. The third-order valence-corrected chi connectivity index (χ3v) is 3.93. The van der Waals surface area contributed by atoms with E-state index in [4.69, 9.17) is 4.98 Å². The number of rotatable bonds is 5. The van der Waals surface area contributed by atoms with E-state index < -0.39 is 0 Å². The van der Waals surface area contributed by atoms with Crippen molar-refractivity contribution in [3.63, 3.8) is 0 Å². The van der Waals surface area contributed by atoms with E-state index in [1.165, 1.54) is 0 Å². The Morgan fingerprint density at radius 3 is 2.52 bits per heavy atom. The molecule has 0 N–H and O–H groups in total. The van der Waals surface area contributed by atoms with E-state index in [1.807, 2.05) is 42.5 Å². The summed E-state index contributed by atoms with van der Waals surface area (Å²) in [4.78, 5) is 9.32. The number of nitrogens with zero attached hydrogens (tertiary/aromatic N) is 3. The van der Waals surface area contributed by atoms with Crippen molar-refractivity contribution < 1.29 is 0 Å². The molecule has 0 unspecified atom stereocenters. The van der Waals surface area contributed by atoms with Gasteiger partial charge in [0.15, 0.2) is 0 Å². The molecule has 1 aromatic carbocycles. The minimum Gasteiger partial charge on any atom is -0.292 e.